The monoisotopic (exact) mass is 464 g/mol. The zero-order chi connectivity index (χ0) is 23.6. The third-order valence-corrected chi connectivity index (χ3v) is 5.51. The predicted octanol–water partition coefficient (Wildman–Crippen LogP) is 2.52. The van der Waals surface area contributed by atoms with E-state index in [1.165, 1.54) is 4.52 Å². The van der Waals surface area contributed by atoms with E-state index in [-0.39, 0.29) is 17.9 Å². The number of rotatable bonds is 7. The number of hydrogen-bond acceptors (Lipinski definition) is 8. The molecule has 33 heavy (non-hydrogen) atoms. The fraction of sp³-hybridized carbons (Fsp3) is 0.524. The van der Waals surface area contributed by atoms with Crippen LogP contribution < -0.4 is 20.7 Å². The maximum atomic E-state index is 13.3. The normalized spacial score (nSPS) is 15.7. The number of halogens is 3. The largest absolute Gasteiger partial charge is 0.449 e. The first-order chi connectivity index (χ1) is 15.8. The van der Waals surface area contributed by atoms with Crippen molar-refractivity contribution in [2.45, 2.75) is 45.4 Å². The van der Waals surface area contributed by atoms with E-state index < -0.39 is 18.3 Å². The number of hydrogen-bond donors (Lipinski definition) is 2. The van der Waals surface area contributed by atoms with Gasteiger partial charge >= 0.3 is 12.2 Å². The van der Waals surface area contributed by atoms with E-state index in [4.69, 9.17) is 10.5 Å². The second kappa shape index (κ2) is 9.38. The second-order valence-electron chi connectivity index (χ2n) is 8.10. The van der Waals surface area contributed by atoms with Crippen molar-refractivity contribution in [2.75, 3.05) is 36.8 Å². The number of pyridine rings is 1. The lowest BCUT2D eigenvalue weighted by atomic mass is 10.1. The summed E-state index contributed by atoms with van der Waals surface area (Å²) in [6, 6.07) is 1.62. The summed E-state index contributed by atoms with van der Waals surface area (Å²) in [5.41, 5.74) is 8.80. The Kier molecular flexibility index (Phi) is 6.54. The highest BCUT2D eigenvalue weighted by Gasteiger charge is 2.41. The van der Waals surface area contributed by atoms with E-state index >= 15 is 0 Å². The third kappa shape index (κ3) is 5.10. The Morgan fingerprint density at radius 3 is 2.64 bits per heavy atom. The summed E-state index contributed by atoms with van der Waals surface area (Å²) in [4.78, 5) is 15.0. The number of piperazine rings is 1. The van der Waals surface area contributed by atoms with Crippen LogP contribution in [0.3, 0.4) is 0 Å². The Bertz CT molecular complexity index is 1110. The quantitative estimate of drug-likeness (QED) is 0.550. The molecule has 0 spiro atoms. The smallest absolute Gasteiger partial charge is 0.425 e. The Labute approximate surface area is 189 Å². The van der Waals surface area contributed by atoms with Gasteiger partial charge < -0.3 is 20.7 Å². The molecule has 0 aliphatic carbocycles. The van der Waals surface area contributed by atoms with Gasteiger partial charge in [-0.25, -0.2) is 14.5 Å². The van der Waals surface area contributed by atoms with E-state index in [0.29, 0.717) is 18.5 Å². The second-order valence-corrected chi connectivity index (χ2v) is 8.10. The summed E-state index contributed by atoms with van der Waals surface area (Å²) in [7, 11) is 0. The first kappa shape index (κ1) is 23.0. The van der Waals surface area contributed by atoms with Gasteiger partial charge in [0.25, 0.3) is 0 Å². The lowest BCUT2D eigenvalue weighted by Crippen LogP contribution is -2.44. The number of imidazole rings is 1. The van der Waals surface area contributed by atoms with Crippen molar-refractivity contribution in [3.8, 4) is 6.01 Å². The van der Waals surface area contributed by atoms with E-state index in [1.807, 2.05) is 13.0 Å². The van der Waals surface area contributed by atoms with Crippen LogP contribution in [0.15, 0.2) is 18.5 Å². The first-order valence-electron chi connectivity index (χ1n) is 10.9. The van der Waals surface area contributed by atoms with Crippen LogP contribution in [0.5, 0.6) is 6.01 Å². The van der Waals surface area contributed by atoms with Gasteiger partial charge in [-0.1, -0.05) is 19.4 Å². The fourth-order valence-corrected chi connectivity index (χ4v) is 3.92. The topological polar surface area (TPSA) is 106 Å². The molecule has 4 heterocycles. The SMILES string of the molecule is CCCC(Oc1nc(N)c2ncc(Cc3cnc(N4CCNCC4)c(C)c3)n2n1)C(F)(F)F. The van der Waals surface area contributed by atoms with Gasteiger partial charge in [-0.05, 0) is 24.5 Å². The van der Waals surface area contributed by atoms with Gasteiger partial charge in [0.15, 0.2) is 17.6 Å². The number of nitrogen functional groups attached to an aromatic ring is 1. The Morgan fingerprint density at radius 1 is 1.21 bits per heavy atom. The van der Waals surface area contributed by atoms with Crippen molar-refractivity contribution in [3.05, 3.63) is 35.3 Å². The van der Waals surface area contributed by atoms with Crippen molar-refractivity contribution in [1.82, 2.24) is 29.9 Å². The number of alkyl halides is 3. The van der Waals surface area contributed by atoms with Crippen LogP contribution >= 0.6 is 0 Å². The number of nitrogens with two attached hydrogens (primary N) is 1. The third-order valence-electron chi connectivity index (χ3n) is 5.51. The van der Waals surface area contributed by atoms with Gasteiger partial charge in [-0.2, -0.15) is 18.2 Å². The van der Waals surface area contributed by atoms with Crippen LogP contribution in [-0.2, 0) is 6.42 Å². The predicted molar refractivity (Wildman–Crippen MR) is 117 cm³/mol. The minimum absolute atomic E-state index is 0.0490. The molecule has 0 bridgehead atoms. The minimum atomic E-state index is -4.53. The highest BCUT2D eigenvalue weighted by Crippen LogP contribution is 2.28. The molecule has 1 aliphatic heterocycles. The average molecular weight is 464 g/mol. The number of aryl methyl sites for hydroxylation is 1. The van der Waals surface area contributed by atoms with Crippen molar-refractivity contribution >= 4 is 17.3 Å². The molecule has 3 N–H and O–H groups in total. The molecular formula is C21H27F3N8O. The molecule has 1 saturated heterocycles. The molecule has 178 valence electrons. The molecule has 1 unspecified atom stereocenters. The zero-order valence-electron chi connectivity index (χ0n) is 18.6. The van der Waals surface area contributed by atoms with E-state index in [9.17, 15) is 13.2 Å². The van der Waals surface area contributed by atoms with Crippen molar-refractivity contribution in [2.24, 2.45) is 0 Å². The molecule has 3 aromatic heterocycles. The number of nitrogens with zero attached hydrogens (tertiary/aromatic N) is 6. The number of aromatic nitrogens is 5. The maximum Gasteiger partial charge on any atom is 0.425 e. The maximum absolute atomic E-state index is 13.3. The van der Waals surface area contributed by atoms with E-state index in [0.717, 1.165) is 43.1 Å². The van der Waals surface area contributed by atoms with Crippen LogP contribution in [0.1, 0.15) is 36.6 Å². The van der Waals surface area contributed by atoms with Crippen molar-refractivity contribution in [1.29, 1.82) is 0 Å². The standard InChI is InChI=1S/C21H27F3N8O/c1-3-4-16(21(22,23)24)33-20-29-17(25)19-28-12-15(32(19)30-20)10-14-9-13(2)18(27-11-14)31-7-5-26-6-8-31/h9,11-12,16,26H,3-8,10H2,1-2H3,(H2,25,29,30). The van der Waals surface area contributed by atoms with Gasteiger partial charge in [-0.3, -0.25) is 0 Å². The first-order valence-corrected chi connectivity index (χ1v) is 10.9. The molecule has 12 heteroatoms. The highest BCUT2D eigenvalue weighted by atomic mass is 19.4. The van der Waals surface area contributed by atoms with Gasteiger partial charge in [0.05, 0.1) is 11.9 Å². The summed E-state index contributed by atoms with van der Waals surface area (Å²) < 4.78 is 46.3. The minimum Gasteiger partial charge on any atom is -0.449 e. The lowest BCUT2D eigenvalue weighted by molar-refractivity contribution is -0.198. The number of fused-ring (bicyclic) bond motifs is 1. The van der Waals surface area contributed by atoms with E-state index in [2.05, 4.69) is 30.3 Å². The Balaban J connectivity index is 1.59. The fourth-order valence-electron chi connectivity index (χ4n) is 3.92. The Morgan fingerprint density at radius 2 is 1.97 bits per heavy atom. The molecule has 4 rings (SSSR count). The van der Waals surface area contributed by atoms with Gasteiger partial charge in [-0.15, -0.1) is 5.10 Å². The van der Waals surface area contributed by atoms with Crippen LogP contribution in [0.2, 0.25) is 0 Å². The summed E-state index contributed by atoms with van der Waals surface area (Å²) >= 11 is 0. The van der Waals surface area contributed by atoms with Crippen LogP contribution in [0.25, 0.3) is 5.65 Å². The van der Waals surface area contributed by atoms with Gasteiger partial charge in [0.1, 0.15) is 5.82 Å². The molecule has 0 amide bonds. The highest BCUT2D eigenvalue weighted by molar-refractivity contribution is 5.60. The van der Waals surface area contributed by atoms with Crippen LogP contribution in [0.4, 0.5) is 24.8 Å². The summed E-state index contributed by atoms with van der Waals surface area (Å²) in [6.07, 6.45) is -2.64. The number of anilines is 2. The van der Waals surface area contributed by atoms with Crippen LogP contribution in [0, 0.1) is 6.92 Å². The summed E-state index contributed by atoms with van der Waals surface area (Å²) in [6.45, 7) is 7.30. The summed E-state index contributed by atoms with van der Waals surface area (Å²) in [5.74, 6) is 0.904. The average Bonchev–Trinajstić information content (AvgIpc) is 3.17. The van der Waals surface area contributed by atoms with Crippen molar-refractivity contribution < 1.29 is 17.9 Å². The van der Waals surface area contributed by atoms with Crippen molar-refractivity contribution in [3.63, 3.8) is 0 Å². The zero-order valence-corrected chi connectivity index (χ0v) is 18.6. The number of ether oxygens (including phenoxy) is 1. The molecular weight excluding hydrogens is 437 g/mol. The Hall–Kier alpha value is -3.15. The molecule has 0 aromatic carbocycles. The van der Waals surface area contributed by atoms with E-state index in [1.54, 1.807) is 19.3 Å². The molecule has 3 aromatic rings. The molecule has 1 atom stereocenters. The molecule has 1 aliphatic rings. The molecule has 1 fully saturated rings. The van der Waals surface area contributed by atoms with Gasteiger partial charge in [0, 0.05) is 38.8 Å². The van der Waals surface area contributed by atoms with Crippen LogP contribution in [-0.4, -0.2) is 63.0 Å². The molecule has 9 nitrogen and oxygen atoms in total. The summed E-state index contributed by atoms with van der Waals surface area (Å²) in [5, 5.41) is 7.47. The lowest BCUT2D eigenvalue weighted by Gasteiger charge is -2.29. The van der Waals surface area contributed by atoms with Gasteiger partial charge in [0.2, 0.25) is 0 Å². The number of nitrogens with one attached hydrogen (secondary N) is 1. The molecule has 0 saturated carbocycles. The molecule has 0 radical (unpaired) electrons.